The second kappa shape index (κ2) is 4.80. The van der Waals surface area contributed by atoms with Crippen LogP contribution in [0.3, 0.4) is 0 Å². The summed E-state index contributed by atoms with van der Waals surface area (Å²) in [5.41, 5.74) is 6.68. The summed E-state index contributed by atoms with van der Waals surface area (Å²) in [5, 5.41) is 0. The van der Waals surface area contributed by atoms with Gasteiger partial charge in [-0.3, -0.25) is 4.90 Å². The molecule has 0 radical (unpaired) electrons. The minimum atomic E-state index is -0.223. The Hall–Kier alpha value is -1.13. The lowest BCUT2D eigenvalue weighted by Crippen LogP contribution is -2.43. The summed E-state index contributed by atoms with van der Waals surface area (Å²) in [6, 6.07) is 5.21. The van der Waals surface area contributed by atoms with Gasteiger partial charge in [0.25, 0.3) is 0 Å². The molecule has 16 heavy (non-hydrogen) atoms. The van der Waals surface area contributed by atoms with Crippen molar-refractivity contribution in [2.45, 2.75) is 19.5 Å². The van der Waals surface area contributed by atoms with E-state index in [0.717, 1.165) is 19.8 Å². The molecule has 1 aromatic carbocycles. The maximum atomic E-state index is 13.6. The molecule has 1 fully saturated rings. The highest BCUT2D eigenvalue weighted by Crippen LogP contribution is 2.16. The number of nitrogens with zero attached hydrogens (tertiary/aromatic N) is 1. The number of anilines is 1. The molecule has 0 aromatic heterocycles. The lowest BCUT2D eigenvalue weighted by atomic mass is 10.1. The average Bonchev–Trinajstić information content (AvgIpc) is 2.25. The SMILES string of the molecule is CC1COCCN1Cc1ccc(N)cc1F. The fraction of sp³-hybridized carbons (Fsp3) is 0.500. The second-order valence-corrected chi connectivity index (χ2v) is 4.25. The van der Waals surface area contributed by atoms with Crippen LogP contribution in [-0.2, 0) is 11.3 Å². The number of benzene rings is 1. The molecule has 1 saturated heterocycles. The van der Waals surface area contributed by atoms with Crippen LogP contribution in [0.2, 0.25) is 0 Å². The first-order valence-electron chi connectivity index (χ1n) is 5.52. The van der Waals surface area contributed by atoms with Gasteiger partial charge in [-0.05, 0) is 19.1 Å². The summed E-state index contributed by atoms with van der Waals surface area (Å²) >= 11 is 0. The summed E-state index contributed by atoms with van der Waals surface area (Å²) in [7, 11) is 0. The third-order valence-corrected chi connectivity index (χ3v) is 2.96. The number of nitrogen functional groups attached to an aromatic ring is 1. The minimum Gasteiger partial charge on any atom is -0.399 e. The van der Waals surface area contributed by atoms with E-state index in [4.69, 9.17) is 10.5 Å². The van der Waals surface area contributed by atoms with Crippen LogP contribution < -0.4 is 5.73 Å². The van der Waals surface area contributed by atoms with E-state index in [1.165, 1.54) is 6.07 Å². The van der Waals surface area contributed by atoms with Crippen molar-refractivity contribution in [2.24, 2.45) is 0 Å². The smallest absolute Gasteiger partial charge is 0.129 e. The minimum absolute atomic E-state index is 0.223. The zero-order valence-electron chi connectivity index (χ0n) is 9.45. The fourth-order valence-corrected chi connectivity index (χ4v) is 1.91. The number of halogens is 1. The van der Waals surface area contributed by atoms with Crippen molar-refractivity contribution in [2.75, 3.05) is 25.5 Å². The largest absolute Gasteiger partial charge is 0.399 e. The standard InChI is InChI=1S/C12H17FN2O/c1-9-8-16-5-4-15(9)7-10-2-3-11(14)6-12(10)13/h2-3,6,9H,4-5,7-8,14H2,1H3. The summed E-state index contributed by atoms with van der Waals surface area (Å²) in [6.45, 7) is 5.01. The molecule has 0 aliphatic carbocycles. The van der Waals surface area contributed by atoms with Gasteiger partial charge in [-0.25, -0.2) is 4.39 Å². The van der Waals surface area contributed by atoms with Gasteiger partial charge < -0.3 is 10.5 Å². The molecule has 1 aromatic rings. The van der Waals surface area contributed by atoms with Crippen molar-refractivity contribution in [3.05, 3.63) is 29.6 Å². The fourth-order valence-electron chi connectivity index (χ4n) is 1.91. The molecule has 4 heteroatoms. The summed E-state index contributed by atoms with van der Waals surface area (Å²) in [5.74, 6) is -0.223. The van der Waals surface area contributed by atoms with Crippen LogP contribution in [-0.4, -0.2) is 30.7 Å². The topological polar surface area (TPSA) is 38.5 Å². The lowest BCUT2D eigenvalue weighted by Gasteiger charge is -2.33. The van der Waals surface area contributed by atoms with Gasteiger partial charge in [0.2, 0.25) is 0 Å². The van der Waals surface area contributed by atoms with Gasteiger partial charge in [-0.15, -0.1) is 0 Å². The third-order valence-electron chi connectivity index (χ3n) is 2.96. The van der Waals surface area contributed by atoms with E-state index in [2.05, 4.69) is 11.8 Å². The van der Waals surface area contributed by atoms with E-state index >= 15 is 0 Å². The number of hydrogen-bond donors (Lipinski definition) is 1. The van der Waals surface area contributed by atoms with E-state index < -0.39 is 0 Å². The zero-order chi connectivity index (χ0) is 11.5. The van der Waals surface area contributed by atoms with Gasteiger partial charge in [-0.2, -0.15) is 0 Å². The van der Waals surface area contributed by atoms with Crippen molar-refractivity contribution < 1.29 is 9.13 Å². The van der Waals surface area contributed by atoms with Gasteiger partial charge in [-0.1, -0.05) is 6.07 Å². The molecular formula is C12H17FN2O. The third kappa shape index (κ3) is 2.51. The molecule has 2 N–H and O–H groups in total. The number of morpholine rings is 1. The highest BCUT2D eigenvalue weighted by atomic mass is 19.1. The Morgan fingerprint density at radius 1 is 1.56 bits per heavy atom. The molecular weight excluding hydrogens is 207 g/mol. The van der Waals surface area contributed by atoms with Gasteiger partial charge in [0.15, 0.2) is 0 Å². The molecule has 3 nitrogen and oxygen atoms in total. The number of rotatable bonds is 2. The molecule has 88 valence electrons. The van der Waals surface area contributed by atoms with Crippen molar-refractivity contribution in [1.29, 1.82) is 0 Å². The van der Waals surface area contributed by atoms with Crippen molar-refractivity contribution in [3.63, 3.8) is 0 Å². The summed E-state index contributed by atoms with van der Waals surface area (Å²) in [4.78, 5) is 2.22. The molecule has 1 aliphatic heterocycles. The normalized spacial score (nSPS) is 22.2. The molecule has 1 atom stereocenters. The molecule has 0 spiro atoms. The first kappa shape index (κ1) is 11.4. The van der Waals surface area contributed by atoms with Crippen LogP contribution in [0, 0.1) is 5.82 Å². The summed E-state index contributed by atoms with van der Waals surface area (Å²) < 4.78 is 18.9. The first-order chi connectivity index (χ1) is 7.66. The quantitative estimate of drug-likeness (QED) is 0.776. The van der Waals surface area contributed by atoms with Gasteiger partial charge in [0.05, 0.1) is 13.2 Å². The van der Waals surface area contributed by atoms with E-state index in [1.807, 2.05) is 0 Å². The first-order valence-corrected chi connectivity index (χ1v) is 5.52. The Bertz CT molecular complexity index is 370. The lowest BCUT2D eigenvalue weighted by molar-refractivity contribution is -0.00479. The molecule has 0 bridgehead atoms. The monoisotopic (exact) mass is 224 g/mol. The average molecular weight is 224 g/mol. The van der Waals surface area contributed by atoms with Crippen molar-refractivity contribution in [1.82, 2.24) is 4.90 Å². The maximum Gasteiger partial charge on any atom is 0.129 e. The predicted octanol–water partition coefficient (Wildman–Crippen LogP) is 1.63. The number of hydrogen-bond acceptors (Lipinski definition) is 3. The van der Waals surface area contributed by atoms with Gasteiger partial charge in [0.1, 0.15) is 5.82 Å². The van der Waals surface area contributed by atoms with Crippen LogP contribution >= 0.6 is 0 Å². The highest BCUT2D eigenvalue weighted by Gasteiger charge is 2.19. The van der Waals surface area contributed by atoms with Crippen LogP contribution in [0.4, 0.5) is 10.1 Å². The molecule has 1 heterocycles. The van der Waals surface area contributed by atoms with Crippen molar-refractivity contribution >= 4 is 5.69 Å². The Labute approximate surface area is 95.0 Å². The highest BCUT2D eigenvalue weighted by molar-refractivity contribution is 5.40. The Balaban J connectivity index is 2.07. The van der Waals surface area contributed by atoms with Gasteiger partial charge >= 0.3 is 0 Å². The molecule has 1 aliphatic rings. The Kier molecular flexibility index (Phi) is 3.41. The van der Waals surface area contributed by atoms with E-state index in [0.29, 0.717) is 23.8 Å². The molecule has 1 unspecified atom stereocenters. The predicted molar refractivity (Wildman–Crippen MR) is 61.5 cm³/mol. The Morgan fingerprint density at radius 2 is 2.38 bits per heavy atom. The van der Waals surface area contributed by atoms with E-state index in [-0.39, 0.29) is 5.82 Å². The van der Waals surface area contributed by atoms with Crippen LogP contribution in [0.25, 0.3) is 0 Å². The number of ether oxygens (including phenoxy) is 1. The van der Waals surface area contributed by atoms with Gasteiger partial charge in [0, 0.05) is 30.4 Å². The van der Waals surface area contributed by atoms with Crippen LogP contribution in [0.1, 0.15) is 12.5 Å². The molecule has 2 rings (SSSR count). The van der Waals surface area contributed by atoms with Crippen LogP contribution in [0.5, 0.6) is 0 Å². The van der Waals surface area contributed by atoms with Crippen LogP contribution in [0.15, 0.2) is 18.2 Å². The summed E-state index contributed by atoms with van der Waals surface area (Å²) in [6.07, 6.45) is 0. The number of nitrogens with two attached hydrogens (primary N) is 1. The van der Waals surface area contributed by atoms with E-state index in [1.54, 1.807) is 12.1 Å². The Morgan fingerprint density at radius 3 is 3.06 bits per heavy atom. The maximum absolute atomic E-state index is 13.6. The molecule has 0 amide bonds. The second-order valence-electron chi connectivity index (χ2n) is 4.25. The van der Waals surface area contributed by atoms with E-state index in [9.17, 15) is 4.39 Å². The zero-order valence-corrected chi connectivity index (χ0v) is 9.45. The molecule has 0 saturated carbocycles. The van der Waals surface area contributed by atoms with Crippen molar-refractivity contribution in [3.8, 4) is 0 Å².